The van der Waals surface area contributed by atoms with Gasteiger partial charge in [0.15, 0.2) is 0 Å². The summed E-state index contributed by atoms with van der Waals surface area (Å²) in [5.74, 6) is 0.00683. The number of carbonyl (C=O) groups excluding carboxylic acids is 1. The van der Waals surface area contributed by atoms with Crippen molar-refractivity contribution in [3.8, 4) is 0 Å². The number of para-hydroxylation sites is 2. The van der Waals surface area contributed by atoms with Gasteiger partial charge in [-0.2, -0.15) is 0 Å². The lowest BCUT2D eigenvalue weighted by Crippen LogP contribution is -2.49. The zero-order valence-corrected chi connectivity index (χ0v) is 18.6. The van der Waals surface area contributed by atoms with Gasteiger partial charge in [0.25, 0.3) is 11.6 Å². The van der Waals surface area contributed by atoms with Crippen molar-refractivity contribution >= 4 is 17.3 Å². The Morgan fingerprint density at radius 2 is 1.62 bits per heavy atom. The molecule has 0 spiro atoms. The van der Waals surface area contributed by atoms with Crippen molar-refractivity contribution in [3.05, 3.63) is 69.8 Å². The van der Waals surface area contributed by atoms with Gasteiger partial charge in [-0.15, -0.1) is 0 Å². The molecule has 0 N–H and O–H groups in total. The Labute approximate surface area is 188 Å². The maximum Gasteiger partial charge on any atom is 0.292 e. The second-order valence-electron chi connectivity index (χ2n) is 8.67. The predicted molar refractivity (Wildman–Crippen MR) is 123 cm³/mol. The molecule has 2 saturated heterocycles. The van der Waals surface area contributed by atoms with Crippen LogP contribution < -0.4 is 4.90 Å². The lowest BCUT2D eigenvalue weighted by atomic mass is 10.1. The number of hydrogen-bond donors (Lipinski definition) is 0. The van der Waals surface area contributed by atoms with E-state index in [1.165, 1.54) is 11.6 Å². The number of morpholine rings is 1. The molecule has 2 aromatic rings. The van der Waals surface area contributed by atoms with Crippen molar-refractivity contribution in [2.45, 2.75) is 32.6 Å². The molecule has 2 unspecified atom stereocenters. The molecule has 0 aliphatic carbocycles. The molecule has 1 amide bonds. The fourth-order valence-corrected chi connectivity index (χ4v) is 4.64. The number of ether oxygens (including phenoxy) is 1. The second-order valence-corrected chi connectivity index (χ2v) is 8.67. The van der Waals surface area contributed by atoms with Crippen LogP contribution in [0.1, 0.15) is 29.8 Å². The number of hydrogen-bond acceptors (Lipinski definition) is 6. The monoisotopic (exact) mass is 438 g/mol. The molecule has 0 aromatic heterocycles. The zero-order valence-electron chi connectivity index (χ0n) is 18.6. The lowest BCUT2D eigenvalue weighted by molar-refractivity contribution is -0.384. The van der Waals surface area contributed by atoms with Gasteiger partial charge >= 0.3 is 0 Å². The van der Waals surface area contributed by atoms with E-state index < -0.39 is 0 Å². The van der Waals surface area contributed by atoms with Gasteiger partial charge in [0.05, 0.1) is 17.1 Å². The third-order valence-corrected chi connectivity index (χ3v) is 6.09. The van der Waals surface area contributed by atoms with Crippen molar-refractivity contribution < 1.29 is 14.5 Å². The summed E-state index contributed by atoms with van der Waals surface area (Å²) >= 11 is 0. The maximum atomic E-state index is 13.0. The molecule has 0 bridgehead atoms. The third-order valence-electron chi connectivity index (χ3n) is 6.09. The van der Waals surface area contributed by atoms with Gasteiger partial charge in [0.2, 0.25) is 0 Å². The Bertz CT molecular complexity index is 947. The van der Waals surface area contributed by atoms with Crippen molar-refractivity contribution in [2.24, 2.45) is 0 Å². The molecule has 2 heterocycles. The van der Waals surface area contributed by atoms with Gasteiger partial charge in [-0.05, 0) is 37.6 Å². The third kappa shape index (κ3) is 5.08. The Hall–Kier alpha value is -2.97. The summed E-state index contributed by atoms with van der Waals surface area (Å²) in [6.45, 7) is 9.08. The van der Waals surface area contributed by atoms with Gasteiger partial charge in [-0.25, -0.2) is 0 Å². The van der Waals surface area contributed by atoms with E-state index in [0.717, 1.165) is 19.6 Å². The minimum Gasteiger partial charge on any atom is -0.373 e. The highest BCUT2D eigenvalue weighted by Crippen LogP contribution is 2.28. The van der Waals surface area contributed by atoms with Gasteiger partial charge in [-0.1, -0.05) is 24.3 Å². The van der Waals surface area contributed by atoms with E-state index in [2.05, 4.69) is 18.7 Å². The van der Waals surface area contributed by atoms with Crippen LogP contribution >= 0.6 is 0 Å². The minimum atomic E-state index is -0.355. The van der Waals surface area contributed by atoms with Crippen molar-refractivity contribution in [3.63, 3.8) is 0 Å². The summed E-state index contributed by atoms with van der Waals surface area (Å²) in [4.78, 5) is 30.1. The van der Waals surface area contributed by atoms with Crippen molar-refractivity contribution in [1.29, 1.82) is 0 Å². The van der Waals surface area contributed by atoms with Gasteiger partial charge in [0, 0.05) is 57.4 Å². The number of benzene rings is 2. The maximum absolute atomic E-state index is 13.0. The Kier molecular flexibility index (Phi) is 6.72. The highest BCUT2D eigenvalue weighted by atomic mass is 16.6. The predicted octanol–water partition coefficient (Wildman–Crippen LogP) is 3.17. The zero-order chi connectivity index (χ0) is 22.7. The summed E-state index contributed by atoms with van der Waals surface area (Å²) < 4.78 is 5.80. The Balaban J connectivity index is 1.34. The topological polar surface area (TPSA) is 79.2 Å². The van der Waals surface area contributed by atoms with Crippen LogP contribution in [-0.2, 0) is 11.3 Å². The Morgan fingerprint density at radius 1 is 1.00 bits per heavy atom. The van der Waals surface area contributed by atoms with Crippen molar-refractivity contribution in [1.82, 2.24) is 9.80 Å². The molecule has 2 aliphatic rings. The van der Waals surface area contributed by atoms with Crippen LogP contribution in [0.2, 0.25) is 0 Å². The summed E-state index contributed by atoms with van der Waals surface area (Å²) in [5, 5.41) is 11.3. The van der Waals surface area contributed by atoms with E-state index in [1.807, 2.05) is 34.1 Å². The summed E-state index contributed by atoms with van der Waals surface area (Å²) in [7, 11) is 0. The first kappa shape index (κ1) is 22.2. The van der Waals surface area contributed by atoms with Crippen LogP contribution in [0.15, 0.2) is 48.5 Å². The number of rotatable bonds is 5. The number of anilines is 1. The largest absolute Gasteiger partial charge is 0.373 e. The first-order chi connectivity index (χ1) is 15.4. The van der Waals surface area contributed by atoms with Gasteiger partial charge < -0.3 is 14.5 Å². The fraction of sp³-hybridized carbons (Fsp3) is 0.458. The normalized spacial score (nSPS) is 22.1. The van der Waals surface area contributed by atoms with Gasteiger partial charge in [-0.3, -0.25) is 19.8 Å². The van der Waals surface area contributed by atoms with Crippen LogP contribution in [0.25, 0.3) is 0 Å². The van der Waals surface area contributed by atoms with E-state index in [9.17, 15) is 14.9 Å². The summed E-state index contributed by atoms with van der Waals surface area (Å²) in [6, 6.07) is 14.6. The van der Waals surface area contributed by atoms with Crippen LogP contribution in [0.4, 0.5) is 11.4 Å². The molecule has 2 aromatic carbocycles. The molecule has 2 aliphatic heterocycles. The molecular formula is C24H30N4O4. The van der Waals surface area contributed by atoms with Crippen LogP contribution in [0, 0.1) is 10.1 Å². The summed E-state index contributed by atoms with van der Waals surface area (Å²) in [5.41, 5.74) is 2.58. The number of nitrogens with zero attached hydrogens (tertiary/aromatic N) is 4. The average molecular weight is 439 g/mol. The highest BCUT2D eigenvalue weighted by molar-refractivity contribution is 5.94. The number of carbonyl (C=O) groups is 1. The van der Waals surface area contributed by atoms with Gasteiger partial charge in [0.1, 0.15) is 5.69 Å². The van der Waals surface area contributed by atoms with E-state index in [4.69, 9.17) is 4.74 Å². The lowest BCUT2D eigenvalue weighted by Gasteiger charge is -2.36. The van der Waals surface area contributed by atoms with Crippen LogP contribution in [0.3, 0.4) is 0 Å². The first-order valence-electron chi connectivity index (χ1n) is 11.1. The fourth-order valence-electron chi connectivity index (χ4n) is 4.64. The summed E-state index contributed by atoms with van der Waals surface area (Å²) in [6.07, 6.45) is 0.464. The van der Waals surface area contributed by atoms with Crippen molar-refractivity contribution in [2.75, 3.05) is 44.2 Å². The van der Waals surface area contributed by atoms with E-state index in [-0.39, 0.29) is 28.7 Å². The molecule has 2 atom stereocenters. The van der Waals surface area contributed by atoms with E-state index in [0.29, 0.717) is 37.4 Å². The molecular weight excluding hydrogens is 408 g/mol. The first-order valence-corrected chi connectivity index (χ1v) is 11.1. The quantitative estimate of drug-likeness (QED) is 0.527. The SMILES string of the molecule is CC1CN(Cc2ccc(C(=O)N3CCN(c4ccccc4[N+](=O)[O-])CC3)cc2)CC(C)O1. The number of nitro groups is 1. The molecule has 8 nitrogen and oxygen atoms in total. The second kappa shape index (κ2) is 9.67. The number of nitro benzene ring substituents is 1. The van der Waals surface area contributed by atoms with E-state index >= 15 is 0 Å². The molecule has 2 fully saturated rings. The average Bonchev–Trinajstić information content (AvgIpc) is 2.78. The minimum absolute atomic E-state index is 0.00683. The number of piperazine rings is 1. The number of amides is 1. The highest BCUT2D eigenvalue weighted by Gasteiger charge is 2.26. The molecule has 170 valence electrons. The van der Waals surface area contributed by atoms with E-state index in [1.54, 1.807) is 18.2 Å². The Morgan fingerprint density at radius 3 is 2.25 bits per heavy atom. The molecule has 0 saturated carbocycles. The molecule has 4 rings (SSSR count). The van der Waals surface area contributed by atoms with Crippen LogP contribution in [-0.4, -0.2) is 72.1 Å². The smallest absolute Gasteiger partial charge is 0.292 e. The molecule has 32 heavy (non-hydrogen) atoms. The molecule has 8 heteroatoms. The van der Waals surface area contributed by atoms with Crippen LogP contribution in [0.5, 0.6) is 0 Å². The molecule has 0 radical (unpaired) electrons. The standard InChI is InChI=1S/C24H30N4O4/c1-18-15-25(16-19(2)32-18)17-20-7-9-21(10-8-20)24(29)27-13-11-26(12-14-27)22-5-3-4-6-23(22)28(30)31/h3-10,18-19H,11-17H2,1-2H3.